The van der Waals surface area contributed by atoms with Crippen LogP contribution >= 0.6 is 0 Å². The van der Waals surface area contributed by atoms with E-state index in [-0.39, 0.29) is 12.1 Å². The van der Waals surface area contributed by atoms with Gasteiger partial charge in [0, 0.05) is 25.2 Å². The number of rotatable bonds is 1. The number of aromatic nitrogens is 2. The Kier molecular flexibility index (Phi) is 3.16. The van der Waals surface area contributed by atoms with Crippen molar-refractivity contribution in [2.24, 2.45) is 0 Å². The number of fused-ring (bicyclic) bond motifs is 1. The summed E-state index contributed by atoms with van der Waals surface area (Å²) in [5, 5.41) is 13.6. The molecule has 0 radical (unpaired) electrons. The molecule has 1 aromatic heterocycles. The predicted molar refractivity (Wildman–Crippen MR) is 65.8 cm³/mol. The molecule has 1 aliphatic heterocycles. The first-order chi connectivity index (χ1) is 8.36. The Morgan fingerprint density at radius 2 is 2.18 bits per heavy atom. The smallest absolute Gasteiger partial charge is 0.0955 e. The molecule has 94 valence electrons. The van der Waals surface area contributed by atoms with Gasteiger partial charge in [0.1, 0.15) is 0 Å². The lowest BCUT2D eigenvalue weighted by molar-refractivity contribution is 0.104. The van der Waals surface area contributed by atoms with E-state index in [1.807, 2.05) is 6.33 Å². The van der Waals surface area contributed by atoms with E-state index in [1.165, 1.54) is 24.2 Å². The Hall–Kier alpha value is -0.870. The molecule has 2 atom stereocenters. The molecule has 0 amide bonds. The van der Waals surface area contributed by atoms with Crippen molar-refractivity contribution in [3.05, 3.63) is 17.7 Å². The highest BCUT2D eigenvalue weighted by Crippen LogP contribution is 2.30. The first-order valence-electron chi connectivity index (χ1n) is 6.79. The van der Waals surface area contributed by atoms with Gasteiger partial charge >= 0.3 is 0 Å². The third-order valence-corrected chi connectivity index (χ3v) is 4.12. The van der Waals surface area contributed by atoms with E-state index >= 15 is 0 Å². The second kappa shape index (κ2) is 4.78. The summed E-state index contributed by atoms with van der Waals surface area (Å²) in [5.74, 6) is 0. The summed E-state index contributed by atoms with van der Waals surface area (Å²) >= 11 is 0. The Morgan fingerprint density at radius 3 is 3.12 bits per heavy atom. The lowest BCUT2D eigenvalue weighted by Gasteiger charge is -2.25. The molecule has 4 nitrogen and oxygen atoms in total. The molecule has 0 aromatic carbocycles. The number of aliphatic hydroxyl groups is 1. The highest BCUT2D eigenvalue weighted by Gasteiger charge is 2.26. The van der Waals surface area contributed by atoms with E-state index in [9.17, 15) is 5.11 Å². The van der Waals surface area contributed by atoms with Gasteiger partial charge in [-0.1, -0.05) is 19.3 Å². The normalized spacial score (nSPS) is 29.7. The first kappa shape index (κ1) is 11.2. The van der Waals surface area contributed by atoms with Gasteiger partial charge in [-0.15, -0.1) is 0 Å². The average molecular weight is 235 g/mol. The summed E-state index contributed by atoms with van der Waals surface area (Å²) in [4.78, 5) is 4.49. The SMILES string of the molecule is OC1CCCCCC1n1cnc2c1CCNC2. The van der Waals surface area contributed by atoms with Gasteiger partial charge in [-0.05, 0) is 12.8 Å². The molecule has 1 aromatic rings. The Bertz CT molecular complexity index is 388. The zero-order valence-corrected chi connectivity index (χ0v) is 10.2. The standard InChI is InChI=1S/C13H21N3O/c17-13-5-3-1-2-4-12(13)16-9-15-10-8-14-7-6-11(10)16/h9,12-14,17H,1-8H2. The van der Waals surface area contributed by atoms with Crippen LogP contribution in [0.2, 0.25) is 0 Å². The van der Waals surface area contributed by atoms with E-state index in [2.05, 4.69) is 14.9 Å². The van der Waals surface area contributed by atoms with E-state index < -0.39 is 0 Å². The number of imidazole rings is 1. The molecule has 1 fully saturated rings. The molecule has 2 N–H and O–H groups in total. The molecule has 17 heavy (non-hydrogen) atoms. The minimum atomic E-state index is -0.189. The number of nitrogens with one attached hydrogen (secondary N) is 1. The molecular weight excluding hydrogens is 214 g/mol. The largest absolute Gasteiger partial charge is 0.391 e. The van der Waals surface area contributed by atoms with Crippen LogP contribution in [0.15, 0.2) is 6.33 Å². The minimum Gasteiger partial charge on any atom is -0.391 e. The summed E-state index contributed by atoms with van der Waals surface area (Å²) in [6.45, 7) is 1.91. The second-order valence-electron chi connectivity index (χ2n) is 5.24. The Balaban J connectivity index is 1.89. The van der Waals surface area contributed by atoms with Crippen LogP contribution in [0.25, 0.3) is 0 Å². The fourth-order valence-corrected chi connectivity index (χ4v) is 3.14. The van der Waals surface area contributed by atoms with Crippen LogP contribution in [0.1, 0.15) is 49.5 Å². The van der Waals surface area contributed by atoms with Gasteiger partial charge < -0.3 is 15.0 Å². The lowest BCUT2D eigenvalue weighted by atomic mass is 10.0. The second-order valence-corrected chi connectivity index (χ2v) is 5.24. The third kappa shape index (κ3) is 2.11. The predicted octanol–water partition coefficient (Wildman–Crippen LogP) is 1.39. The molecule has 0 bridgehead atoms. The summed E-state index contributed by atoms with van der Waals surface area (Å²) in [5.41, 5.74) is 2.52. The van der Waals surface area contributed by atoms with Crippen LogP contribution in [0.4, 0.5) is 0 Å². The van der Waals surface area contributed by atoms with E-state index in [4.69, 9.17) is 0 Å². The molecule has 4 heteroatoms. The van der Waals surface area contributed by atoms with Crippen molar-refractivity contribution >= 4 is 0 Å². The summed E-state index contributed by atoms with van der Waals surface area (Å²) in [6, 6.07) is 0.256. The van der Waals surface area contributed by atoms with Crippen molar-refractivity contribution in [2.75, 3.05) is 6.54 Å². The fraction of sp³-hybridized carbons (Fsp3) is 0.769. The molecule has 2 heterocycles. The van der Waals surface area contributed by atoms with Crippen molar-refractivity contribution in [3.63, 3.8) is 0 Å². The Labute approximate surface area is 102 Å². The number of hydrogen-bond donors (Lipinski definition) is 2. The van der Waals surface area contributed by atoms with Crippen molar-refractivity contribution in [1.82, 2.24) is 14.9 Å². The molecular formula is C13H21N3O. The minimum absolute atomic E-state index is 0.189. The van der Waals surface area contributed by atoms with Gasteiger partial charge in [-0.3, -0.25) is 0 Å². The molecule has 1 aliphatic carbocycles. The molecule has 0 spiro atoms. The van der Waals surface area contributed by atoms with Gasteiger partial charge in [-0.25, -0.2) is 4.98 Å². The van der Waals surface area contributed by atoms with Gasteiger partial charge in [0.15, 0.2) is 0 Å². The molecule has 0 saturated heterocycles. The van der Waals surface area contributed by atoms with E-state index in [0.717, 1.165) is 38.8 Å². The lowest BCUT2D eigenvalue weighted by Crippen LogP contribution is -2.29. The third-order valence-electron chi connectivity index (χ3n) is 4.12. The number of hydrogen-bond acceptors (Lipinski definition) is 3. The van der Waals surface area contributed by atoms with Crippen LogP contribution in [0, 0.1) is 0 Å². The van der Waals surface area contributed by atoms with Gasteiger partial charge in [0.2, 0.25) is 0 Å². The van der Waals surface area contributed by atoms with E-state index in [0.29, 0.717) is 0 Å². The van der Waals surface area contributed by atoms with Gasteiger partial charge in [0.05, 0.1) is 24.2 Å². The van der Waals surface area contributed by atoms with Crippen LogP contribution in [0.5, 0.6) is 0 Å². The number of aliphatic hydroxyl groups excluding tert-OH is 1. The number of nitrogens with zero attached hydrogens (tertiary/aromatic N) is 2. The van der Waals surface area contributed by atoms with Crippen LogP contribution in [0.3, 0.4) is 0 Å². The van der Waals surface area contributed by atoms with E-state index in [1.54, 1.807) is 0 Å². The molecule has 3 rings (SSSR count). The van der Waals surface area contributed by atoms with Crippen molar-refractivity contribution in [3.8, 4) is 0 Å². The molecule has 2 aliphatic rings. The average Bonchev–Trinajstić information content (AvgIpc) is 2.66. The maximum Gasteiger partial charge on any atom is 0.0955 e. The first-order valence-corrected chi connectivity index (χ1v) is 6.79. The summed E-state index contributed by atoms with van der Waals surface area (Å²) < 4.78 is 2.26. The van der Waals surface area contributed by atoms with Crippen LogP contribution in [-0.2, 0) is 13.0 Å². The van der Waals surface area contributed by atoms with Crippen LogP contribution in [-0.4, -0.2) is 27.3 Å². The summed E-state index contributed by atoms with van der Waals surface area (Å²) in [7, 11) is 0. The molecule has 2 unspecified atom stereocenters. The topological polar surface area (TPSA) is 50.1 Å². The van der Waals surface area contributed by atoms with Gasteiger partial charge in [-0.2, -0.15) is 0 Å². The van der Waals surface area contributed by atoms with Crippen molar-refractivity contribution in [1.29, 1.82) is 0 Å². The highest BCUT2D eigenvalue weighted by molar-refractivity contribution is 5.17. The fourth-order valence-electron chi connectivity index (χ4n) is 3.14. The highest BCUT2D eigenvalue weighted by atomic mass is 16.3. The van der Waals surface area contributed by atoms with Crippen LogP contribution < -0.4 is 5.32 Å². The van der Waals surface area contributed by atoms with Gasteiger partial charge in [0.25, 0.3) is 0 Å². The van der Waals surface area contributed by atoms with Crippen molar-refractivity contribution < 1.29 is 5.11 Å². The molecule has 1 saturated carbocycles. The summed E-state index contributed by atoms with van der Waals surface area (Å²) in [6.07, 6.45) is 8.48. The maximum atomic E-state index is 10.3. The monoisotopic (exact) mass is 235 g/mol. The zero-order chi connectivity index (χ0) is 11.7. The zero-order valence-electron chi connectivity index (χ0n) is 10.2. The maximum absolute atomic E-state index is 10.3. The quantitative estimate of drug-likeness (QED) is 0.723. The Morgan fingerprint density at radius 1 is 1.29 bits per heavy atom. The van der Waals surface area contributed by atoms with Crippen molar-refractivity contribution in [2.45, 2.75) is 57.2 Å².